The smallest absolute Gasteiger partial charge is 0.244 e. The Morgan fingerprint density at radius 1 is 1.50 bits per heavy atom. The van der Waals surface area contributed by atoms with E-state index in [2.05, 4.69) is 33.4 Å². The molecule has 2 aliphatic rings. The number of hydrogen-bond donors (Lipinski definition) is 1. The van der Waals surface area contributed by atoms with Crippen molar-refractivity contribution in [2.24, 2.45) is 22.4 Å². The average Bonchev–Trinajstić information content (AvgIpc) is 3.13. The lowest BCUT2D eigenvalue weighted by molar-refractivity contribution is -0.123. The summed E-state index contributed by atoms with van der Waals surface area (Å²) < 4.78 is 6.05. The largest absolute Gasteiger partial charge is 0.496 e. The second-order valence-electron chi connectivity index (χ2n) is 6.46. The highest BCUT2D eigenvalue weighted by atomic mass is 79.9. The normalized spacial score (nSPS) is 30.0. The van der Waals surface area contributed by atoms with Gasteiger partial charge in [0.05, 0.1) is 17.8 Å². The summed E-state index contributed by atoms with van der Waals surface area (Å²) in [6, 6.07) is 5.67. The number of amides is 1. The molecule has 3 rings (SSSR count). The van der Waals surface area contributed by atoms with Crippen LogP contribution >= 0.6 is 15.9 Å². The third-order valence-corrected chi connectivity index (χ3v) is 5.80. The lowest BCUT2D eigenvalue weighted by Gasteiger charge is -2.15. The number of hydrogen-bond acceptors (Lipinski definition) is 3. The number of nitrogens with one attached hydrogen (secondary N) is 1. The van der Waals surface area contributed by atoms with E-state index < -0.39 is 0 Å². The summed E-state index contributed by atoms with van der Waals surface area (Å²) >= 11 is 3.44. The Bertz CT molecular complexity index is 617. The number of methoxy groups -OCH3 is 1. The average molecular weight is 365 g/mol. The molecule has 5 heteroatoms. The topological polar surface area (TPSA) is 50.7 Å². The number of nitrogens with zero attached hydrogens (tertiary/aromatic N) is 1. The lowest BCUT2D eigenvalue weighted by atomic mass is 9.90. The molecular formula is C17H21BrN2O2. The minimum absolute atomic E-state index is 0.0678. The third-order valence-electron chi connectivity index (χ3n) is 5.18. The number of hydrazone groups is 1. The Labute approximate surface area is 139 Å². The summed E-state index contributed by atoms with van der Waals surface area (Å²) in [7, 11) is 1.63. The molecule has 3 atom stereocenters. The molecule has 1 amide bonds. The van der Waals surface area contributed by atoms with E-state index in [9.17, 15) is 4.79 Å². The van der Waals surface area contributed by atoms with E-state index >= 15 is 0 Å². The molecule has 0 saturated heterocycles. The first-order valence-corrected chi connectivity index (χ1v) is 8.52. The fourth-order valence-corrected chi connectivity index (χ4v) is 4.41. The van der Waals surface area contributed by atoms with Gasteiger partial charge in [-0.2, -0.15) is 5.10 Å². The van der Waals surface area contributed by atoms with Crippen LogP contribution < -0.4 is 10.2 Å². The molecule has 0 spiro atoms. The molecule has 1 N–H and O–H groups in total. The molecule has 0 unspecified atom stereocenters. The van der Waals surface area contributed by atoms with Gasteiger partial charge in [0.1, 0.15) is 5.75 Å². The van der Waals surface area contributed by atoms with Crippen LogP contribution in [-0.4, -0.2) is 19.2 Å². The predicted molar refractivity (Wildman–Crippen MR) is 90.0 cm³/mol. The van der Waals surface area contributed by atoms with E-state index in [4.69, 9.17) is 4.74 Å². The van der Waals surface area contributed by atoms with Crippen LogP contribution in [-0.2, 0) is 4.79 Å². The first-order valence-electron chi connectivity index (χ1n) is 7.73. The van der Waals surface area contributed by atoms with Gasteiger partial charge in [-0.05, 0) is 63.9 Å². The minimum atomic E-state index is 0.0678. The van der Waals surface area contributed by atoms with Crippen molar-refractivity contribution in [1.82, 2.24) is 5.43 Å². The first kappa shape index (κ1) is 15.5. The summed E-state index contributed by atoms with van der Waals surface area (Å²) in [6.45, 7) is 2.24. The van der Waals surface area contributed by atoms with Gasteiger partial charge in [0.2, 0.25) is 5.91 Å². The Hall–Kier alpha value is -1.36. The van der Waals surface area contributed by atoms with Crippen molar-refractivity contribution in [3.8, 4) is 5.75 Å². The molecule has 0 bridgehead atoms. The van der Waals surface area contributed by atoms with E-state index in [0.717, 1.165) is 15.8 Å². The second kappa shape index (κ2) is 6.03. The van der Waals surface area contributed by atoms with Gasteiger partial charge in [0.15, 0.2) is 0 Å². The van der Waals surface area contributed by atoms with Crippen LogP contribution in [0, 0.1) is 17.3 Å². The molecule has 0 heterocycles. The monoisotopic (exact) mass is 364 g/mol. The highest BCUT2D eigenvalue weighted by Gasteiger charge is 2.64. The van der Waals surface area contributed by atoms with Crippen LogP contribution in [0.2, 0.25) is 0 Å². The maximum atomic E-state index is 12.3. The van der Waals surface area contributed by atoms with Crippen molar-refractivity contribution >= 4 is 28.1 Å². The first-order chi connectivity index (χ1) is 10.6. The zero-order valence-electron chi connectivity index (χ0n) is 12.9. The fourth-order valence-electron chi connectivity index (χ4n) is 3.85. The summed E-state index contributed by atoms with van der Waals surface area (Å²) in [5, 5.41) is 4.10. The summed E-state index contributed by atoms with van der Waals surface area (Å²) in [5.41, 5.74) is 3.84. The van der Waals surface area contributed by atoms with Crippen LogP contribution in [0.5, 0.6) is 5.75 Å². The number of fused-ring (bicyclic) bond motifs is 1. The Morgan fingerprint density at radius 2 is 2.32 bits per heavy atom. The molecule has 2 fully saturated rings. The van der Waals surface area contributed by atoms with Gasteiger partial charge in [-0.25, -0.2) is 5.43 Å². The van der Waals surface area contributed by atoms with E-state index in [-0.39, 0.29) is 17.2 Å². The number of halogens is 1. The Morgan fingerprint density at radius 3 is 2.95 bits per heavy atom. The highest BCUT2D eigenvalue weighted by Crippen LogP contribution is 2.66. The quantitative estimate of drug-likeness (QED) is 0.653. The van der Waals surface area contributed by atoms with Crippen LogP contribution in [0.1, 0.15) is 38.2 Å². The lowest BCUT2D eigenvalue weighted by Crippen LogP contribution is -2.22. The van der Waals surface area contributed by atoms with E-state index in [1.807, 2.05) is 18.2 Å². The molecule has 0 radical (unpaired) electrons. The van der Waals surface area contributed by atoms with Crippen molar-refractivity contribution in [3.63, 3.8) is 0 Å². The van der Waals surface area contributed by atoms with Gasteiger partial charge < -0.3 is 4.74 Å². The molecule has 1 aromatic carbocycles. The van der Waals surface area contributed by atoms with Crippen LogP contribution in [0.25, 0.3) is 0 Å². The fraction of sp³-hybridized carbons (Fsp3) is 0.529. The van der Waals surface area contributed by atoms with E-state index in [1.165, 1.54) is 25.7 Å². The summed E-state index contributed by atoms with van der Waals surface area (Å²) in [6.07, 6.45) is 6.53. The zero-order valence-corrected chi connectivity index (χ0v) is 14.5. The number of ether oxygens (including phenoxy) is 1. The van der Waals surface area contributed by atoms with E-state index in [1.54, 1.807) is 13.3 Å². The zero-order chi connectivity index (χ0) is 15.7. The molecule has 22 heavy (non-hydrogen) atoms. The summed E-state index contributed by atoms with van der Waals surface area (Å²) in [5.74, 6) is 1.55. The van der Waals surface area contributed by atoms with Crippen molar-refractivity contribution in [1.29, 1.82) is 0 Å². The molecule has 0 aliphatic heterocycles. The standard InChI is InChI=1S/C17H21BrN2O2/c1-17-8-4-3-5-12(17)15(17)16(21)20-19-10-11-6-7-14(22-2)13(18)9-11/h6-7,9-10,12,15H,3-5,8H2,1-2H3,(H,20,21)/b19-10-/t12-,15+,17-/m1/s1. The number of carbonyl (C=O) groups is 1. The third kappa shape index (κ3) is 2.78. The molecule has 2 saturated carbocycles. The molecule has 0 aromatic heterocycles. The maximum absolute atomic E-state index is 12.3. The second-order valence-corrected chi connectivity index (χ2v) is 7.32. The Kier molecular flexibility index (Phi) is 4.26. The van der Waals surface area contributed by atoms with Gasteiger partial charge in [-0.1, -0.05) is 19.8 Å². The predicted octanol–water partition coefficient (Wildman–Crippen LogP) is 3.73. The molecule has 2 aliphatic carbocycles. The van der Waals surface area contributed by atoms with Crippen LogP contribution in [0.15, 0.2) is 27.8 Å². The van der Waals surface area contributed by atoms with Crippen LogP contribution in [0.3, 0.4) is 0 Å². The number of carbonyl (C=O) groups excluding carboxylic acids is 1. The van der Waals surface area contributed by atoms with Crippen molar-refractivity contribution < 1.29 is 9.53 Å². The number of benzene rings is 1. The Balaban J connectivity index is 1.58. The van der Waals surface area contributed by atoms with Crippen molar-refractivity contribution in [3.05, 3.63) is 28.2 Å². The van der Waals surface area contributed by atoms with Gasteiger partial charge in [0.25, 0.3) is 0 Å². The van der Waals surface area contributed by atoms with E-state index in [0.29, 0.717) is 5.92 Å². The maximum Gasteiger partial charge on any atom is 0.244 e. The van der Waals surface area contributed by atoms with Gasteiger partial charge in [0, 0.05) is 5.92 Å². The highest BCUT2D eigenvalue weighted by molar-refractivity contribution is 9.10. The van der Waals surface area contributed by atoms with Gasteiger partial charge >= 0.3 is 0 Å². The SMILES string of the molecule is COc1ccc(/C=N\NC(=O)[C@@H]2[C@H]3CCCC[C@]32C)cc1Br. The minimum Gasteiger partial charge on any atom is -0.496 e. The number of rotatable bonds is 4. The van der Waals surface area contributed by atoms with Crippen molar-refractivity contribution in [2.45, 2.75) is 32.6 Å². The van der Waals surface area contributed by atoms with Crippen molar-refractivity contribution in [2.75, 3.05) is 7.11 Å². The van der Waals surface area contributed by atoms with Crippen LogP contribution in [0.4, 0.5) is 0 Å². The van der Waals surface area contributed by atoms with Gasteiger partial charge in [-0.3, -0.25) is 4.79 Å². The summed E-state index contributed by atoms with van der Waals surface area (Å²) in [4.78, 5) is 12.3. The molecule has 1 aromatic rings. The molecular weight excluding hydrogens is 344 g/mol. The molecule has 4 nitrogen and oxygen atoms in total. The molecule has 118 valence electrons. The van der Waals surface area contributed by atoms with Gasteiger partial charge in [-0.15, -0.1) is 0 Å².